The number of rotatable bonds is 5. The maximum Gasteiger partial charge on any atom is 0.326 e. The maximum atomic E-state index is 11.9. The Morgan fingerprint density at radius 3 is 2.62 bits per heavy atom. The number of amides is 2. The fraction of sp³-hybridized carbons (Fsp3) is 0.400. The number of carbonyl (C=O) groups is 2. The SMILES string of the molecule is CCC(C)[C@H](NC(=O)Nc1cc(C#N)ccc1C)C(=O)O. The number of hydrogen-bond acceptors (Lipinski definition) is 3. The number of nitrogens with zero attached hydrogens (tertiary/aromatic N) is 1. The van der Waals surface area contributed by atoms with E-state index in [9.17, 15) is 9.59 Å². The number of nitrogens with one attached hydrogen (secondary N) is 2. The van der Waals surface area contributed by atoms with Crippen LogP contribution in [0.5, 0.6) is 0 Å². The van der Waals surface area contributed by atoms with Crippen molar-refractivity contribution in [2.24, 2.45) is 5.92 Å². The second-order valence-electron chi connectivity index (χ2n) is 4.94. The average molecular weight is 289 g/mol. The molecule has 0 aliphatic heterocycles. The van der Waals surface area contributed by atoms with Crippen LogP contribution in [0.4, 0.5) is 10.5 Å². The highest BCUT2D eigenvalue weighted by atomic mass is 16.4. The molecule has 2 atom stereocenters. The number of aliphatic carboxylic acids is 1. The molecule has 0 bridgehead atoms. The molecule has 1 aromatic rings. The van der Waals surface area contributed by atoms with Crippen LogP contribution in [0.1, 0.15) is 31.4 Å². The first-order valence-electron chi connectivity index (χ1n) is 6.70. The van der Waals surface area contributed by atoms with Gasteiger partial charge in [0.1, 0.15) is 6.04 Å². The van der Waals surface area contributed by atoms with E-state index in [4.69, 9.17) is 10.4 Å². The third-order valence-electron chi connectivity index (χ3n) is 3.38. The van der Waals surface area contributed by atoms with Crippen LogP contribution in [0.3, 0.4) is 0 Å². The van der Waals surface area contributed by atoms with Crippen molar-refractivity contribution >= 4 is 17.7 Å². The average Bonchev–Trinajstić information content (AvgIpc) is 2.46. The predicted molar refractivity (Wildman–Crippen MR) is 78.9 cm³/mol. The molecule has 0 heterocycles. The normalized spacial score (nSPS) is 12.9. The summed E-state index contributed by atoms with van der Waals surface area (Å²) in [7, 11) is 0. The van der Waals surface area contributed by atoms with Crippen molar-refractivity contribution in [2.45, 2.75) is 33.2 Å². The highest BCUT2D eigenvalue weighted by Crippen LogP contribution is 2.16. The zero-order chi connectivity index (χ0) is 16.0. The van der Waals surface area contributed by atoms with E-state index in [1.807, 2.05) is 13.0 Å². The standard InChI is InChI=1S/C15H19N3O3/c1-4-9(2)13(14(19)20)18-15(21)17-12-7-11(8-16)6-5-10(12)3/h5-7,9,13H,4H2,1-3H3,(H,19,20)(H2,17,18,21)/t9?,13-/m0/s1. The molecule has 1 aromatic carbocycles. The van der Waals surface area contributed by atoms with E-state index in [2.05, 4.69) is 10.6 Å². The van der Waals surface area contributed by atoms with E-state index in [1.165, 1.54) is 0 Å². The van der Waals surface area contributed by atoms with Gasteiger partial charge in [-0.1, -0.05) is 26.3 Å². The zero-order valence-corrected chi connectivity index (χ0v) is 12.3. The van der Waals surface area contributed by atoms with Crippen LogP contribution < -0.4 is 10.6 Å². The Labute approximate surface area is 123 Å². The number of aryl methyl sites for hydroxylation is 1. The van der Waals surface area contributed by atoms with Gasteiger partial charge in [-0.3, -0.25) is 0 Å². The first-order chi connectivity index (χ1) is 9.88. The summed E-state index contributed by atoms with van der Waals surface area (Å²) in [4.78, 5) is 23.1. The van der Waals surface area contributed by atoms with Gasteiger partial charge in [-0.15, -0.1) is 0 Å². The molecule has 0 aliphatic carbocycles. The van der Waals surface area contributed by atoms with Crippen LogP contribution in [0.2, 0.25) is 0 Å². The number of carboxylic acid groups (broad SMARTS) is 1. The van der Waals surface area contributed by atoms with Crippen molar-refractivity contribution in [3.05, 3.63) is 29.3 Å². The molecule has 2 amide bonds. The molecule has 6 nitrogen and oxygen atoms in total. The van der Waals surface area contributed by atoms with Gasteiger partial charge in [0.2, 0.25) is 0 Å². The lowest BCUT2D eigenvalue weighted by molar-refractivity contribution is -0.140. The van der Waals surface area contributed by atoms with Crippen LogP contribution >= 0.6 is 0 Å². The van der Waals surface area contributed by atoms with Gasteiger partial charge < -0.3 is 15.7 Å². The van der Waals surface area contributed by atoms with Crippen LogP contribution in [0.25, 0.3) is 0 Å². The molecule has 0 radical (unpaired) electrons. The minimum atomic E-state index is -1.07. The molecule has 0 aromatic heterocycles. The van der Waals surface area contributed by atoms with E-state index in [1.54, 1.807) is 32.0 Å². The topological polar surface area (TPSA) is 102 Å². The van der Waals surface area contributed by atoms with Gasteiger partial charge in [-0.25, -0.2) is 9.59 Å². The predicted octanol–water partition coefficient (Wildman–Crippen LogP) is 2.49. The van der Waals surface area contributed by atoms with E-state index in [0.29, 0.717) is 17.7 Å². The summed E-state index contributed by atoms with van der Waals surface area (Å²) in [5.41, 5.74) is 1.70. The molecule has 3 N–H and O–H groups in total. The molecule has 0 saturated carbocycles. The molecule has 112 valence electrons. The fourth-order valence-corrected chi connectivity index (χ4v) is 1.81. The first kappa shape index (κ1) is 16.5. The molecular formula is C15H19N3O3. The Morgan fingerprint density at radius 1 is 1.43 bits per heavy atom. The van der Waals surface area contributed by atoms with Gasteiger partial charge in [0, 0.05) is 5.69 Å². The lowest BCUT2D eigenvalue weighted by Crippen LogP contribution is -2.46. The number of benzene rings is 1. The van der Waals surface area contributed by atoms with Crippen molar-refractivity contribution in [3.8, 4) is 6.07 Å². The lowest BCUT2D eigenvalue weighted by atomic mass is 9.99. The van der Waals surface area contributed by atoms with Gasteiger partial charge >= 0.3 is 12.0 Å². The minimum absolute atomic E-state index is 0.181. The zero-order valence-electron chi connectivity index (χ0n) is 12.3. The Kier molecular flexibility index (Phi) is 5.73. The van der Waals surface area contributed by atoms with Crippen LogP contribution in [-0.2, 0) is 4.79 Å². The Hall–Kier alpha value is -2.55. The van der Waals surface area contributed by atoms with Gasteiger partial charge in [0.25, 0.3) is 0 Å². The van der Waals surface area contributed by atoms with Crippen molar-refractivity contribution in [3.63, 3.8) is 0 Å². The number of nitriles is 1. The third kappa shape index (κ3) is 4.49. The second kappa shape index (κ2) is 7.29. The summed E-state index contributed by atoms with van der Waals surface area (Å²) in [6, 6.07) is 5.36. The summed E-state index contributed by atoms with van der Waals surface area (Å²) < 4.78 is 0. The van der Waals surface area contributed by atoms with Crippen LogP contribution in [-0.4, -0.2) is 23.1 Å². The summed E-state index contributed by atoms with van der Waals surface area (Å²) in [6.07, 6.45) is 0.639. The number of anilines is 1. The van der Waals surface area contributed by atoms with Crippen molar-refractivity contribution in [1.29, 1.82) is 5.26 Å². The number of carboxylic acids is 1. The van der Waals surface area contributed by atoms with Gasteiger partial charge in [0.05, 0.1) is 11.6 Å². The monoisotopic (exact) mass is 289 g/mol. The molecule has 0 saturated heterocycles. The third-order valence-corrected chi connectivity index (χ3v) is 3.38. The molecule has 1 rings (SSSR count). The van der Waals surface area contributed by atoms with Gasteiger partial charge in [0.15, 0.2) is 0 Å². The minimum Gasteiger partial charge on any atom is -0.480 e. The summed E-state index contributed by atoms with van der Waals surface area (Å²) in [5.74, 6) is -1.25. The van der Waals surface area contributed by atoms with Crippen LogP contribution in [0.15, 0.2) is 18.2 Å². The number of urea groups is 1. The Bertz CT molecular complexity index is 578. The molecule has 0 spiro atoms. The Morgan fingerprint density at radius 2 is 2.10 bits per heavy atom. The van der Waals surface area contributed by atoms with E-state index >= 15 is 0 Å². The largest absolute Gasteiger partial charge is 0.480 e. The first-order valence-corrected chi connectivity index (χ1v) is 6.70. The van der Waals surface area contributed by atoms with Gasteiger partial charge in [-0.05, 0) is 30.5 Å². The van der Waals surface area contributed by atoms with Crippen molar-refractivity contribution in [1.82, 2.24) is 5.32 Å². The highest BCUT2D eigenvalue weighted by molar-refractivity contribution is 5.93. The summed E-state index contributed by atoms with van der Waals surface area (Å²) >= 11 is 0. The van der Waals surface area contributed by atoms with Crippen LogP contribution in [0, 0.1) is 24.2 Å². The van der Waals surface area contributed by atoms with E-state index < -0.39 is 18.0 Å². The molecule has 6 heteroatoms. The number of carbonyl (C=O) groups excluding carboxylic acids is 1. The molecular weight excluding hydrogens is 270 g/mol. The maximum absolute atomic E-state index is 11.9. The van der Waals surface area contributed by atoms with E-state index in [-0.39, 0.29) is 5.92 Å². The Balaban J connectivity index is 2.82. The smallest absolute Gasteiger partial charge is 0.326 e. The van der Waals surface area contributed by atoms with Crippen molar-refractivity contribution < 1.29 is 14.7 Å². The summed E-state index contributed by atoms with van der Waals surface area (Å²) in [6.45, 7) is 5.42. The lowest BCUT2D eigenvalue weighted by Gasteiger charge is -2.20. The van der Waals surface area contributed by atoms with Gasteiger partial charge in [-0.2, -0.15) is 5.26 Å². The highest BCUT2D eigenvalue weighted by Gasteiger charge is 2.25. The molecule has 0 aliphatic rings. The van der Waals surface area contributed by atoms with E-state index in [0.717, 1.165) is 5.56 Å². The second-order valence-corrected chi connectivity index (χ2v) is 4.94. The van der Waals surface area contributed by atoms with Crippen molar-refractivity contribution in [2.75, 3.05) is 5.32 Å². The summed E-state index contributed by atoms with van der Waals surface area (Å²) in [5, 5.41) is 23.0. The number of hydrogen-bond donors (Lipinski definition) is 3. The molecule has 1 unspecified atom stereocenters. The molecule has 0 fully saturated rings. The quantitative estimate of drug-likeness (QED) is 0.774. The fourth-order valence-electron chi connectivity index (χ4n) is 1.81. The molecule has 21 heavy (non-hydrogen) atoms.